The van der Waals surface area contributed by atoms with Crippen molar-refractivity contribution in [3.05, 3.63) is 261 Å². The highest BCUT2D eigenvalue weighted by Crippen LogP contribution is 2.42. The number of hydrogen-bond acceptors (Lipinski definition) is 4. The molecule has 0 aliphatic carbocycles. The molecule has 0 fully saturated rings. The van der Waals surface area contributed by atoms with Gasteiger partial charge in [-0.05, 0) is 101 Å². The lowest BCUT2D eigenvalue weighted by molar-refractivity contribution is 1.07. The van der Waals surface area contributed by atoms with E-state index in [1.54, 1.807) is 0 Å². The standard InChI is InChI=1S/C69H43N5S/c1-3-17-44(18-4-1)46-21-15-22-49(39-46)53-36-33-51(43-64(53)74-61-30-12-7-25-54(61)55-26-8-13-31-62(55)74)69-71-67(45-19-5-2-6-20-45)70-68(72-69)50-23-16-24-52(40-50)73-60-29-11-9-27-56(60)58-41-47(34-37-63(58)73)48-35-38-66-59(42-48)57-28-10-14-32-65(57)75-66/h1-43H. The van der Waals surface area contributed by atoms with Gasteiger partial charge in [-0.1, -0.05) is 188 Å². The first-order valence-corrected chi connectivity index (χ1v) is 26.1. The minimum absolute atomic E-state index is 0.592. The zero-order chi connectivity index (χ0) is 49.4. The van der Waals surface area contributed by atoms with Crippen molar-refractivity contribution in [1.29, 1.82) is 0 Å². The van der Waals surface area contributed by atoms with Crippen LogP contribution in [0, 0.1) is 0 Å². The van der Waals surface area contributed by atoms with Crippen LogP contribution in [0.1, 0.15) is 0 Å². The van der Waals surface area contributed by atoms with E-state index < -0.39 is 0 Å². The van der Waals surface area contributed by atoms with Crippen molar-refractivity contribution >= 4 is 75.1 Å². The van der Waals surface area contributed by atoms with Gasteiger partial charge in [-0.15, -0.1) is 11.3 Å². The third kappa shape index (κ3) is 7.25. The number of aromatic nitrogens is 5. The molecule has 4 aromatic heterocycles. The first-order valence-electron chi connectivity index (χ1n) is 25.3. The summed E-state index contributed by atoms with van der Waals surface area (Å²) in [4.78, 5) is 15.9. The van der Waals surface area contributed by atoms with Crippen molar-refractivity contribution in [2.24, 2.45) is 0 Å². The van der Waals surface area contributed by atoms with Crippen LogP contribution >= 0.6 is 11.3 Å². The van der Waals surface area contributed by atoms with Crippen LogP contribution in [0.2, 0.25) is 0 Å². The Morgan fingerprint density at radius 3 is 1.44 bits per heavy atom. The molecule has 0 aliphatic heterocycles. The zero-order valence-electron chi connectivity index (χ0n) is 40.5. The Morgan fingerprint density at radius 2 is 0.720 bits per heavy atom. The molecule has 0 N–H and O–H groups in total. The van der Waals surface area contributed by atoms with Crippen LogP contribution in [-0.4, -0.2) is 24.1 Å². The van der Waals surface area contributed by atoms with Gasteiger partial charge in [0.2, 0.25) is 0 Å². The summed E-state index contributed by atoms with van der Waals surface area (Å²) in [5.74, 6) is 1.80. The molecular weight excluding hydrogens is 931 g/mol. The maximum atomic E-state index is 5.39. The third-order valence-corrected chi connectivity index (χ3v) is 15.9. The molecule has 0 spiro atoms. The maximum absolute atomic E-state index is 5.39. The minimum atomic E-state index is 0.592. The Balaban J connectivity index is 0.890. The molecule has 0 saturated carbocycles. The van der Waals surface area contributed by atoms with E-state index in [9.17, 15) is 0 Å². The average molecular weight is 974 g/mol. The van der Waals surface area contributed by atoms with Crippen LogP contribution in [0.15, 0.2) is 261 Å². The molecule has 0 radical (unpaired) electrons. The van der Waals surface area contributed by atoms with Crippen LogP contribution in [0.25, 0.3) is 143 Å². The normalized spacial score (nSPS) is 11.7. The van der Waals surface area contributed by atoms with Crippen molar-refractivity contribution in [3.8, 4) is 78.9 Å². The minimum Gasteiger partial charge on any atom is -0.309 e. The molecular formula is C69H43N5S. The van der Waals surface area contributed by atoms with Gasteiger partial charge in [0.1, 0.15) is 0 Å². The quantitative estimate of drug-likeness (QED) is 0.152. The Labute approximate surface area is 436 Å². The van der Waals surface area contributed by atoms with Gasteiger partial charge in [-0.25, -0.2) is 15.0 Å². The molecule has 6 heteroatoms. The fraction of sp³-hybridized carbons (Fsp3) is 0. The number of rotatable bonds is 8. The lowest BCUT2D eigenvalue weighted by atomic mass is 9.96. The van der Waals surface area contributed by atoms with E-state index in [2.05, 4.69) is 252 Å². The second-order valence-corrected chi connectivity index (χ2v) is 20.2. The predicted octanol–water partition coefficient (Wildman–Crippen LogP) is 18.4. The number of thiophene rings is 1. The molecule has 15 aromatic rings. The summed E-state index contributed by atoms with van der Waals surface area (Å²) in [6, 6.07) is 93.6. The maximum Gasteiger partial charge on any atom is 0.164 e. The summed E-state index contributed by atoms with van der Waals surface area (Å²) >= 11 is 1.85. The van der Waals surface area contributed by atoms with Gasteiger partial charge in [0.05, 0.1) is 27.8 Å². The SMILES string of the molecule is c1ccc(-c2cccc(-c3ccc(-c4nc(-c5ccccc5)nc(-c5cccc(-n6c7ccccc7c7cc(-c8ccc9sc%10ccccc%10c9c8)ccc76)c5)n4)cc3-n3c4ccccc4c4ccccc43)c2)cc1. The molecule has 75 heavy (non-hydrogen) atoms. The first kappa shape index (κ1) is 42.9. The van der Waals surface area contributed by atoms with Crippen LogP contribution in [0.3, 0.4) is 0 Å². The molecule has 0 bridgehead atoms. The highest BCUT2D eigenvalue weighted by molar-refractivity contribution is 7.25. The number of nitrogens with zero attached hydrogens (tertiary/aromatic N) is 5. The van der Waals surface area contributed by atoms with E-state index in [-0.39, 0.29) is 0 Å². The number of hydrogen-bond donors (Lipinski definition) is 0. The van der Waals surface area contributed by atoms with Gasteiger partial charge in [-0.2, -0.15) is 0 Å². The van der Waals surface area contributed by atoms with E-state index in [4.69, 9.17) is 15.0 Å². The molecule has 0 amide bonds. The number of fused-ring (bicyclic) bond motifs is 9. The summed E-state index contributed by atoms with van der Waals surface area (Å²) in [6.07, 6.45) is 0. The molecule has 0 saturated heterocycles. The lowest BCUT2D eigenvalue weighted by Gasteiger charge is -2.17. The number of benzene rings is 11. The smallest absolute Gasteiger partial charge is 0.164 e. The Bertz CT molecular complexity index is 4670. The molecule has 350 valence electrons. The largest absolute Gasteiger partial charge is 0.309 e. The summed E-state index contributed by atoms with van der Waals surface area (Å²) in [5.41, 5.74) is 16.2. The van der Waals surface area contributed by atoms with Crippen molar-refractivity contribution < 1.29 is 0 Å². The van der Waals surface area contributed by atoms with Gasteiger partial charge in [0.15, 0.2) is 17.5 Å². The third-order valence-electron chi connectivity index (χ3n) is 14.8. The van der Waals surface area contributed by atoms with Crippen LogP contribution < -0.4 is 0 Å². The van der Waals surface area contributed by atoms with Gasteiger partial charge < -0.3 is 9.13 Å². The van der Waals surface area contributed by atoms with E-state index >= 15 is 0 Å². The van der Waals surface area contributed by atoms with E-state index in [1.165, 1.54) is 58.4 Å². The van der Waals surface area contributed by atoms with Crippen molar-refractivity contribution in [3.63, 3.8) is 0 Å². The van der Waals surface area contributed by atoms with Crippen molar-refractivity contribution in [2.45, 2.75) is 0 Å². The van der Waals surface area contributed by atoms with E-state index in [0.717, 1.165) is 66.8 Å². The summed E-state index contributed by atoms with van der Waals surface area (Å²) in [5, 5.41) is 7.40. The van der Waals surface area contributed by atoms with Gasteiger partial charge in [0, 0.05) is 69.7 Å². The fourth-order valence-corrected chi connectivity index (χ4v) is 12.3. The van der Waals surface area contributed by atoms with E-state index in [0.29, 0.717) is 17.5 Å². The Morgan fingerprint density at radius 1 is 0.253 bits per heavy atom. The Kier molecular flexibility index (Phi) is 10.00. The average Bonchev–Trinajstić information content (AvgIpc) is 4.19. The molecule has 5 nitrogen and oxygen atoms in total. The molecule has 11 aromatic carbocycles. The van der Waals surface area contributed by atoms with Gasteiger partial charge in [0.25, 0.3) is 0 Å². The monoisotopic (exact) mass is 973 g/mol. The lowest BCUT2D eigenvalue weighted by Crippen LogP contribution is -2.03. The molecule has 0 unspecified atom stereocenters. The first-order chi connectivity index (χ1) is 37.2. The van der Waals surface area contributed by atoms with Crippen molar-refractivity contribution in [2.75, 3.05) is 0 Å². The molecule has 4 heterocycles. The van der Waals surface area contributed by atoms with E-state index in [1.807, 2.05) is 29.5 Å². The molecule has 0 aliphatic rings. The van der Waals surface area contributed by atoms with Crippen LogP contribution in [0.4, 0.5) is 0 Å². The molecule has 15 rings (SSSR count). The summed E-state index contributed by atoms with van der Waals surface area (Å²) in [6.45, 7) is 0. The summed E-state index contributed by atoms with van der Waals surface area (Å²) < 4.78 is 7.40. The van der Waals surface area contributed by atoms with Gasteiger partial charge >= 0.3 is 0 Å². The van der Waals surface area contributed by atoms with Crippen LogP contribution in [0.5, 0.6) is 0 Å². The highest BCUT2D eigenvalue weighted by Gasteiger charge is 2.21. The molecule has 0 atom stereocenters. The Hall–Kier alpha value is -9.75. The zero-order valence-corrected chi connectivity index (χ0v) is 41.3. The second kappa shape index (κ2) is 17.5. The number of para-hydroxylation sites is 3. The van der Waals surface area contributed by atoms with Crippen molar-refractivity contribution in [1.82, 2.24) is 24.1 Å². The predicted molar refractivity (Wildman–Crippen MR) is 314 cm³/mol. The second-order valence-electron chi connectivity index (χ2n) is 19.2. The topological polar surface area (TPSA) is 48.5 Å². The van der Waals surface area contributed by atoms with Gasteiger partial charge in [-0.3, -0.25) is 0 Å². The van der Waals surface area contributed by atoms with Crippen LogP contribution in [-0.2, 0) is 0 Å². The fourth-order valence-electron chi connectivity index (χ4n) is 11.2. The summed E-state index contributed by atoms with van der Waals surface area (Å²) in [7, 11) is 0. The highest BCUT2D eigenvalue weighted by atomic mass is 32.1.